The Balaban J connectivity index is 2.00. The van der Waals surface area contributed by atoms with Crippen molar-refractivity contribution in [2.24, 2.45) is 0 Å². The van der Waals surface area contributed by atoms with Gasteiger partial charge in [0.15, 0.2) is 0 Å². The van der Waals surface area contributed by atoms with Crippen LogP contribution in [-0.4, -0.2) is 53.5 Å². The van der Waals surface area contributed by atoms with Gasteiger partial charge in [0.1, 0.15) is 6.04 Å². The Morgan fingerprint density at radius 3 is 2.88 bits per heavy atom. The first-order chi connectivity index (χ1) is 7.63. The molecule has 2 unspecified atom stereocenters. The molecule has 2 aliphatic heterocycles. The van der Waals surface area contributed by atoms with Crippen LogP contribution in [0.2, 0.25) is 0 Å². The largest absolute Gasteiger partial charge is 0.468 e. The van der Waals surface area contributed by atoms with Gasteiger partial charge in [-0.3, -0.25) is 19.3 Å². The van der Waals surface area contributed by atoms with E-state index in [1.807, 2.05) is 0 Å². The minimum atomic E-state index is -0.416. The molecule has 88 valence electrons. The van der Waals surface area contributed by atoms with Crippen LogP contribution in [0, 0.1) is 0 Å². The van der Waals surface area contributed by atoms with Gasteiger partial charge >= 0.3 is 5.97 Å². The fourth-order valence-corrected chi connectivity index (χ4v) is 2.73. The van der Waals surface area contributed by atoms with Crippen LogP contribution in [0.15, 0.2) is 0 Å². The second-order valence-corrected chi connectivity index (χ2v) is 4.62. The Kier molecular flexibility index (Phi) is 3.15. The minimum Gasteiger partial charge on any atom is -0.468 e. The maximum Gasteiger partial charge on any atom is 0.322 e. The summed E-state index contributed by atoms with van der Waals surface area (Å²) < 4.78 is 4.60. The molecule has 0 aromatic carbocycles. The summed E-state index contributed by atoms with van der Waals surface area (Å²) >= 11 is 1.01. The molecule has 2 heterocycles. The second-order valence-electron chi connectivity index (χ2n) is 3.69. The molecule has 0 saturated carbocycles. The minimum absolute atomic E-state index is 0.174. The first kappa shape index (κ1) is 11.4. The summed E-state index contributed by atoms with van der Waals surface area (Å²) in [5.41, 5.74) is 0. The van der Waals surface area contributed by atoms with Crippen molar-refractivity contribution in [3.8, 4) is 0 Å². The molecule has 16 heavy (non-hydrogen) atoms. The normalized spacial score (nSPS) is 29.9. The van der Waals surface area contributed by atoms with Crippen molar-refractivity contribution < 1.29 is 19.1 Å². The van der Waals surface area contributed by atoms with E-state index in [4.69, 9.17) is 0 Å². The summed E-state index contributed by atoms with van der Waals surface area (Å²) in [7, 11) is 1.32. The molecular weight excluding hydrogens is 232 g/mol. The van der Waals surface area contributed by atoms with E-state index in [1.54, 1.807) is 0 Å². The Hall–Kier alpha value is -1.08. The van der Waals surface area contributed by atoms with Gasteiger partial charge in [-0.15, -0.1) is 0 Å². The Bertz CT molecular complexity index is 330. The van der Waals surface area contributed by atoms with Crippen LogP contribution in [0.25, 0.3) is 0 Å². The lowest BCUT2D eigenvalue weighted by atomic mass is 10.1. The number of amides is 2. The molecule has 1 N–H and O–H groups in total. The zero-order valence-electron chi connectivity index (χ0n) is 8.76. The highest BCUT2D eigenvalue weighted by Crippen LogP contribution is 2.25. The highest BCUT2D eigenvalue weighted by Gasteiger charge is 2.41. The summed E-state index contributed by atoms with van der Waals surface area (Å²) in [5, 5.41) is 2.73. The van der Waals surface area contributed by atoms with Crippen molar-refractivity contribution in [2.45, 2.75) is 18.5 Å². The number of thioether (sulfide) groups is 1. The molecule has 6 nitrogen and oxygen atoms in total. The highest BCUT2D eigenvalue weighted by atomic mass is 32.2. The van der Waals surface area contributed by atoms with Gasteiger partial charge in [0.25, 0.3) is 5.24 Å². The molecule has 0 aromatic rings. The lowest BCUT2D eigenvalue weighted by Crippen LogP contribution is -2.40. The smallest absolute Gasteiger partial charge is 0.322 e. The maximum atomic E-state index is 11.5. The van der Waals surface area contributed by atoms with E-state index in [9.17, 15) is 14.4 Å². The fourth-order valence-electron chi connectivity index (χ4n) is 1.95. The van der Waals surface area contributed by atoms with Crippen molar-refractivity contribution in [3.05, 3.63) is 0 Å². The molecule has 0 aromatic heterocycles. The predicted molar refractivity (Wildman–Crippen MR) is 56.9 cm³/mol. The number of imide groups is 1. The van der Waals surface area contributed by atoms with Gasteiger partial charge in [0.05, 0.1) is 18.9 Å². The van der Waals surface area contributed by atoms with Gasteiger partial charge in [-0.25, -0.2) is 0 Å². The number of methoxy groups -OCH3 is 1. The van der Waals surface area contributed by atoms with Gasteiger partial charge < -0.3 is 10.1 Å². The molecule has 2 rings (SSSR count). The van der Waals surface area contributed by atoms with E-state index in [0.29, 0.717) is 13.0 Å². The number of nitrogens with one attached hydrogen (secondary N) is 1. The van der Waals surface area contributed by atoms with E-state index < -0.39 is 6.04 Å². The van der Waals surface area contributed by atoms with Gasteiger partial charge in [-0.05, 0) is 6.42 Å². The molecule has 7 heteroatoms. The summed E-state index contributed by atoms with van der Waals surface area (Å²) in [4.78, 5) is 35.4. The molecule has 2 fully saturated rings. The van der Waals surface area contributed by atoms with Gasteiger partial charge in [0, 0.05) is 6.54 Å². The first-order valence-electron chi connectivity index (χ1n) is 4.93. The quantitative estimate of drug-likeness (QED) is 0.665. The number of hydrogen-bond acceptors (Lipinski definition) is 6. The molecule has 0 bridgehead atoms. The molecule has 0 radical (unpaired) electrons. The summed E-state index contributed by atoms with van der Waals surface area (Å²) in [6.45, 7) is 0.456. The van der Waals surface area contributed by atoms with Crippen LogP contribution in [0.4, 0.5) is 4.79 Å². The third-order valence-electron chi connectivity index (χ3n) is 2.74. The summed E-state index contributed by atoms with van der Waals surface area (Å²) in [6.07, 6.45) is 0.435. The molecule has 2 aliphatic rings. The van der Waals surface area contributed by atoms with Crippen molar-refractivity contribution >= 4 is 28.9 Å². The molecule has 0 spiro atoms. The average molecular weight is 244 g/mol. The number of carbonyl (C=O) groups excluding carboxylic acids is 3. The molecule has 0 aliphatic carbocycles. The monoisotopic (exact) mass is 244 g/mol. The Morgan fingerprint density at radius 1 is 1.56 bits per heavy atom. The number of nitrogens with zero attached hydrogens (tertiary/aromatic N) is 1. The van der Waals surface area contributed by atoms with E-state index in [2.05, 4.69) is 10.1 Å². The van der Waals surface area contributed by atoms with Crippen LogP contribution in [-0.2, 0) is 14.3 Å². The first-order valence-corrected chi connectivity index (χ1v) is 5.92. The van der Waals surface area contributed by atoms with Gasteiger partial charge in [0.2, 0.25) is 5.91 Å². The number of rotatable bonds is 2. The van der Waals surface area contributed by atoms with Crippen LogP contribution in [0.3, 0.4) is 0 Å². The van der Waals surface area contributed by atoms with Crippen molar-refractivity contribution in [1.82, 2.24) is 10.2 Å². The van der Waals surface area contributed by atoms with E-state index in [0.717, 1.165) is 11.8 Å². The van der Waals surface area contributed by atoms with Crippen LogP contribution in [0.5, 0.6) is 0 Å². The van der Waals surface area contributed by atoms with Crippen LogP contribution >= 0.6 is 11.8 Å². The van der Waals surface area contributed by atoms with Gasteiger partial charge in [-0.1, -0.05) is 11.8 Å². The van der Waals surface area contributed by atoms with Crippen molar-refractivity contribution in [2.75, 3.05) is 19.4 Å². The van der Waals surface area contributed by atoms with E-state index in [-0.39, 0.29) is 28.9 Å². The van der Waals surface area contributed by atoms with Crippen molar-refractivity contribution in [3.63, 3.8) is 0 Å². The fraction of sp³-hybridized carbons (Fsp3) is 0.667. The standard InChI is InChI=1S/C9H12N2O4S/c1-15-8(13)6-2-5(3-10-6)11-7(12)4-16-9(11)14/h5-6,10H,2-4H2,1H3. The third kappa shape index (κ3) is 1.92. The lowest BCUT2D eigenvalue weighted by molar-refractivity contribution is -0.143. The van der Waals surface area contributed by atoms with Crippen LogP contribution < -0.4 is 5.32 Å². The number of ether oxygens (including phenoxy) is 1. The number of esters is 1. The topological polar surface area (TPSA) is 75.7 Å². The predicted octanol–water partition coefficient (Wildman–Crippen LogP) is -0.415. The SMILES string of the molecule is COC(=O)C1CC(N2C(=O)CSC2=O)CN1. The van der Waals surface area contributed by atoms with Gasteiger partial charge in [-0.2, -0.15) is 0 Å². The van der Waals surface area contributed by atoms with Crippen LogP contribution in [0.1, 0.15) is 6.42 Å². The molecule has 2 atom stereocenters. The second kappa shape index (κ2) is 4.42. The summed E-state index contributed by atoms with van der Waals surface area (Å²) in [5.74, 6) is -0.320. The molecule has 2 amide bonds. The maximum absolute atomic E-state index is 11.5. The molecule has 2 saturated heterocycles. The zero-order chi connectivity index (χ0) is 11.7. The lowest BCUT2D eigenvalue weighted by Gasteiger charge is -2.19. The third-order valence-corrected chi connectivity index (χ3v) is 3.58. The average Bonchev–Trinajstić information content (AvgIpc) is 2.85. The Morgan fingerprint density at radius 2 is 2.31 bits per heavy atom. The number of hydrogen-bond donors (Lipinski definition) is 1. The molecular formula is C9H12N2O4S. The zero-order valence-corrected chi connectivity index (χ0v) is 9.58. The number of carbonyl (C=O) groups is 3. The summed E-state index contributed by atoms with van der Waals surface area (Å²) in [6, 6.07) is -0.639. The Labute approximate surface area is 96.7 Å². The van der Waals surface area contributed by atoms with E-state index in [1.165, 1.54) is 12.0 Å². The van der Waals surface area contributed by atoms with Crippen molar-refractivity contribution in [1.29, 1.82) is 0 Å². The highest BCUT2D eigenvalue weighted by molar-refractivity contribution is 8.14. The van der Waals surface area contributed by atoms with E-state index >= 15 is 0 Å².